The first-order valence-electron chi connectivity index (χ1n) is 6.00. The van der Waals surface area contributed by atoms with Crippen molar-refractivity contribution in [3.05, 3.63) is 18.2 Å². The molecular formula is C13H17NO6. The second kappa shape index (κ2) is 8.00. The first kappa shape index (κ1) is 15.8. The number of aliphatic carboxylic acids is 1. The van der Waals surface area contributed by atoms with E-state index in [0.717, 1.165) is 0 Å². The number of methoxy groups -OCH3 is 1. The molecule has 0 saturated carbocycles. The van der Waals surface area contributed by atoms with Gasteiger partial charge < -0.3 is 25.0 Å². The number of benzene rings is 1. The molecule has 0 aliphatic carbocycles. The van der Waals surface area contributed by atoms with Gasteiger partial charge in [0.25, 0.3) is 0 Å². The molecule has 7 heteroatoms. The Morgan fingerprint density at radius 3 is 2.60 bits per heavy atom. The molecule has 1 amide bonds. The van der Waals surface area contributed by atoms with Gasteiger partial charge >= 0.3 is 5.97 Å². The fraction of sp³-hybridized carbons (Fsp3) is 0.385. The molecule has 20 heavy (non-hydrogen) atoms. The largest absolute Gasteiger partial charge is 0.493 e. The van der Waals surface area contributed by atoms with Gasteiger partial charge in [0.15, 0.2) is 11.5 Å². The Kier molecular flexibility index (Phi) is 6.31. The summed E-state index contributed by atoms with van der Waals surface area (Å²) in [6.07, 6.45) is -0.329. The summed E-state index contributed by atoms with van der Waals surface area (Å²) in [5.41, 5.74) is 0.467. The Morgan fingerprint density at radius 2 is 2.00 bits per heavy atom. The topological polar surface area (TPSA) is 105 Å². The van der Waals surface area contributed by atoms with Gasteiger partial charge in [0.1, 0.15) is 6.61 Å². The Bertz CT molecular complexity index is 474. The summed E-state index contributed by atoms with van der Waals surface area (Å²) < 4.78 is 10.4. The Morgan fingerprint density at radius 1 is 1.25 bits per heavy atom. The van der Waals surface area contributed by atoms with Gasteiger partial charge in [-0.05, 0) is 12.1 Å². The zero-order valence-electron chi connectivity index (χ0n) is 11.1. The van der Waals surface area contributed by atoms with Crippen LogP contribution in [0.1, 0.15) is 12.8 Å². The molecule has 0 atom stereocenters. The molecule has 3 N–H and O–H groups in total. The molecule has 0 aliphatic heterocycles. The van der Waals surface area contributed by atoms with Crippen molar-refractivity contribution in [1.29, 1.82) is 0 Å². The van der Waals surface area contributed by atoms with E-state index in [4.69, 9.17) is 19.7 Å². The van der Waals surface area contributed by atoms with Gasteiger partial charge in [0.05, 0.1) is 20.1 Å². The average Bonchev–Trinajstić information content (AvgIpc) is 2.43. The lowest BCUT2D eigenvalue weighted by Crippen LogP contribution is -2.13. The zero-order chi connectivity index (χ0) is 15.0. The van der Waals surface area contributed by atoms with Crippen molar-refractivity contribution in [3.63, 3.8) is 0 Å². The van der Waals surface area contributed by atoms with Crippen LogP contribution >= 0.6 is 0 Å². The summed E-state index contributed by atoms with van der Waals surface area (Å²) in [7, 11) is 1.48. The fourth-order valence-electron chi connectivity index (χ4n) is 1.47. The molecular weight excluding hydrogens is 266 g/mol. The monoisotopic (exact) mass is 283 g/mol. The quantitative estimate of drug-likeness (QED) is 0.654. The van der Waals surface area contributed by atoms with E-state index < -0.39 is 11.9 Å². The molecule has 1 rings (SSSR count). The van der Waals surface area contributed by atoms with Gasteiger partial charge in [-0.3, -0.25) is 9.59 Å². The highest BCUT2D eigenvalue weighted by Gasteiger charge is 2.09. The van der Waals surface area contributed by atoms with Crippen LogP contribution in [0.3, 0.4) is 0 Å². The van der Waals surface area contributed by atoms with Crippen molar-refractivity contribution in [2.24, 2.45) is 0 Å². The number of aliphatic hydroxyl groups is 1. The molecule has 0 heterocycles. The maximum atomic E-state index is 11.5. The summed E-state index contributed by atoms with van der Waals surface area (Å²) in [5, 5.41) is 19.8. The number of rotatable bonds is 8. The van der Waals surface area contributed by atoms with Crippen molar-refractivity contribution in [2.45, 2.75) is 12.8 Å². The van der Waals surface area contributed by atoms with Crippen molar-refractivity contribution in [3.8, 4) is 11.5 Å². The SMILES string of the molecule is COc1ccc(NC(=O)CCC(=O)O)cc1OCCO. The molecule has 0 saturated heterocycles. The molecule has 110 valence electrons. The van der Waals surface area contributed by atoms with Gasteiger partial charge in [-0.25, -0.2) is 0 Å². The standard InChI is InChI=1S/C13H17NO6/c1-19-10-3-2-9(8-11(10)20-7-6-15)14-12(16)4-5-13(17)18/h2-3,8,15H,4-7H2,1H3,(H,14,16)(H,17,18). The van der Waals surface area contributed by atoms with Gasteiger partial charge in [0.2, 0.25) is 5.91 Å². The predicted octanol–water partition coefficient (Wildman–Crippen LogP) is 0.870. The minimum Gasteiger partial charge on any atom is -0.493 e. The number of amides is 1. The van der Waals surface area contributed by atoms with Gasteiger partial charge in [-0.2, -0.15) is 0 Å². The molecule has 0 aromatic heterocycles. The van der Waals surface area contributed by atoms with Crippen LogP contribution in [0.5, 0.6) is 11.5 Å². The lowest BCUT2D eigenvalue weighted by Gasteiger charge is -2.12. The summed E-state index contributed by atoms with van der Waals surface area (Å²) in [5.74, 6) is -0.563. The minimum absolute atomic E-state index is 0.103. The first-order chi connectivity index (χ1) is 9.56. The number of aliphatic hydroxyl groups excluding tert-OH is 1. The van der Waals surface area contributed by atoms with Gasteiger partial charge in [0, 0.05) is 18.2 Å². The minimum atomic E-state index is -1.03. The van der Waals surface area contributed by atoms with E-state index in [9.17, 15) is 9.59 Å². The molecule has 0 fully saturated rings. The third kappa shape index (κ3) is 5.15. The van der Waals surface area contributed by atoms with E-state index in [1.54, 1.807) is 18.2 Å². The summed E-state index contributed by atoms with van der Waals surface area (Å²) in [4.78, 5) is 21.9. The normalized spacial score (nSPS) is 9.90. The van der Waals surface area contributed by atoms with Crippen LogP contribution in [0, 0.1) is 0 Å². The van der Waals surface area contributed by atoms with E-state index in [1.807, 2.05) is 0 Å². The molecule has 0 bridgehead atoms. The third-order valence-electron chi connectivity index (χ3n) is 2.36. The van der Waals surface area contributed by atoms with E-state index in [0.29, 0.717) is 17.2 Å². The molecule has 1 aromatic rings. The highest BCUT2D eigenvalue weighted by Crippen LogP contribution is 2.30. The van der Waals surface area contributed by atoms with E-state index in [1.165, 1.54) is 7.11 Å². The molecule has 0 unspecified atom stereocenters. The Hall–Kier alpha value is -2.28. The van der Waals surface area contributed by atoms with Crippen LogP contribution in [-0.4, -0.2) is 42.4 Å². The van der Waals surface area contributed by atoms with Crippen LogP contribution in [-0.2, 0) is 9.59 Å². The summed E-state index contributed by atoms with van der Waals surface area (Å²) in [6, 6.07) is 4.77. The number of ether oxygens (including phenoxy) is 2. The highest BCUT2D eigenvalue weighted by molar-refractivity contribution is 5.92. The van der Waals surface area contributed by atoms with Crippen molar-refractivity contribution in [1.82, 2.24) is 0 Å². The van der Waals surface area contributed by atoms with Crippen molar-refractivity contribution < 1.29 is 29.3 Å². The summed E-state index contributed by atoms with van der Waals surface area (Å²) in [6.45, 7) is -0.0366. The smallest absolute Gasteiger partial charge is 0.303 e. The van der Waals surface area contributed by atoms with Crippen molar-refractivity contribution >= 4 is 17.6 Å². The van der Waals surface area contributed by atoms with Crippen LogP contribution in [0.2, 0.25) is 0 Å². The van der Waals surface area contributed by atoms with Gasteiger partial charge in [-0.1, -0.05) is 0 Å². The number of anilines is 1. The molecule has 0 aliphatic rings. The maximum absolute atomic E-state index is 11.5. The zero-order valence-corrected chi connectivity index (χ0v) is 11.1. The second-order valence-electron chi connectivity index (χ2n) is 3.88. The Labute approximate surface area is 116 Å². The third-order valence-corrected chi connectivity index (χ3v) is 2.36. The number of carboxylic acids is 1. The number of carboxylic acid groups (broad SMARTS) is 1. The predicted molar refractivity (Wildman–Crippen MR) is 71.1 cm³/mol. The average molecular weight is 283 g/mol. The number of nitrogens with one attached hydrogen (secondary N) is 1. The van der Waals surface area contributed by atoms with E-state index >= 15 is 0 Å². The number of carbonyl (C=O) groups is 2. The molecule has 1 aromatic carbocycles. The summed E-state index contributed by atoms with van der Waals surface area (Å²) >= 11 is 0. The van der Waals surface area contributed by atoms with E-state index in [-0.39, 0.29) is 26.1 Å². The second-order valence-corrected chi connectivity index (χ2v) is 3.88. The van der Waals surface area contributed by atoms with Crippen LogP contribution in [0.15, 0.2) is 18.2 Å². The van der Waals surface area contributed by atoms with Crippen LogP contribution in [0.25, 0.3) is 0 Å². The number of carbonyl (C=O) groups excluding carboxylic acids is 1. The number of hydrogen-bond acceptors (Lipinski definition) is 5. The first-order valence-corrected chi connectivity index (χ1v) is 6.00. The van der Waals surface area contributed by atoms with Crippen molar-refractivity contribution in [2.75, 3.05) is 25.6 Å². The van der Waals surface area contributed by atoms with E-state index in [2.05, 4.69) is 5.32 Å². The Balaban J connectivity index is 2.70. The molecule has 7 nitrogen and oxygen atoms in total. The molecule has 0 spiro atoms. The van der Waals surface area contributed by atoms with Crippen LogP contribution in [0.4, 0.5) is 5.69 Å². The highest BCUT2D eigenvalue weighted by atomic mass is 16.5. The lowest BCUT2D eigenvalue weighted by atomic mass is 10.2. The van der Waals surface area contributed by atoms with Crippen LogP contribution < -0.4 is 14.8 Å². The van der Waals surface area contributed by atoms with Gasteiger partial charge in [-0.15, -0.1) is 0 Å². The maximum Gasteiger partial charge on any atom is 0.303 e. The number of hydrogen-bond donors (Lipinski definition) is 3. The fourth-order valence-corrected chi connectivity index (χ4v) is 1.47. The molecule has 0 radical (unpaired) electrons. The lowest BCUT2D eigenvalue weighted by molar-refractivity contribution is -0.138.